The molecule has 0 bridgehead atoms. The van der Waals surface area contributed by atoms with Gasteiger partial charge in [-0.1, -0.05) is 22.0 Å². The van der Waals surface area contributed by atoms with E-state index in [-0.39, 0.29) is 6.61 Å². The van der Waals surface area contributed by atoms with Crippen LogP contribution in [0.15, 0.2) is 57.4 Å². The highest BCUT2D eigenvalue weighted by Crippen LogP contribution is 2.21. The molecule has 3 aromatic rings. The first-order chi connectivity index (χ1) is 10.2. The molecule has 21 heavy (non-hydrogen) atoms. The van der Waals surface area contributed by atoms with Crippen LogP contribution >= 0.6 is 38.5 Å². The van der Waals surface area contributed by atoms with Crippen molar-refractivity contribution in [3.8, 4) is 17.2 Å². The highest BCUT2D eigenvalue weighted by atomic mass is 127. The molecule has 0 radical (unpaired) electrons. The number of rotatable bonds is 4. The number of ether oxygens (including phenoxy) is 1. The summed E-state index contributed by atoms with van der Waals surface area (Å²) in [4.78, 5) is 0. The van der Waals surface area contributed by atoms with Crippen molar-refractivity contribution in [1.82, 2.24) is 10.2 Å². The van der Waals surface area contributed by atoms with Crippen LogP contribution in [0, 0.1) is 3.57 Å². The number of nitrogens with zero attached hydrogens (tertiary/aromatic N) is 2. The van der Waals surface area contributed by atoms with Crippen molar-refractivity contribution in [3.05, 3.63) is 62.5 Å². The van der Waals surface area contributed by atoms with E-state index in [1.54, 1.807) is 0 Å². The van der Waals surface area contributed by atoms with Crippen LogP contribution in [0.25, 0.3) is 11.5 Å². The maximum atomic E-state index is 5.63. The van der Waals surface area contributed by atoms with Gasteiger partial charge in [0.15, 0.2) is 6.61 Å². The highest BCUT2D eigenvalue weighted by Gasteiger charge is 2.09. The Hall–Kier alpha value is -1.41. The van der Waals surface area contributed by atoms with E-state index in [0.717, 1.165) is 19.4 Å². The number of benzene rings is 2. The number of hydrogen-bond acceptors (Lipinski definition) is 4. The minimum absolute atomic E-state index is 0.254. The van der Waals surface area contributed by atoms with Crippen LogP contribution in [-0.2, 0) is 6.61 Å². The quantitative estimate of drug-likeness (QED) is 0.534. The summed E-state index contributed by atoms with van der Waals surface area (Å²) in [5.74, 6) is 1.72. The Morgan fingerprint density at radius 2 is 1.90 bits per heavy atom. The smallest absolute Gasteiger partial charge is 0.254 e. The lowest BCUT2D eigenvalue weighted by Crippen LogP contribution is -1.95. The van der Waals surface area contributed by atoms with E-state index in [2.05, 4.69) is 48.7 Å². The molecule has 0 aliphatic carbocycles. The minimum Gasteiger partial charge on any atom is -0.484 e. The fraction of sp³-hybridized carbons (Fsp3) is 0.0667. The topological polar surface area (TPSA) is 48.2 Å². The number of aromatic nitrogens is 2. The van der Waals surface area contributed by atoms with Gasteiger partial charge >= 0.3 is 0 Å². The van der Waals surface area contributed by atoms with Gasteiger partial charge in [-0.15, -0.1) is 10.2 Å². The number of halogens is 2. The van der Waals surface area contributed by atoms with Gasteiger partial charge in [0.1, 0.15) is 5.75 Å². The lowest BCUT2D eigenvalue weighted by Gasteiger charge is -2.02. The van der Waals surface area contributed by atoms with E-state index in [4.69, 9.17) is 9.15 Å². The standard InChI is InChI=1S/C15H10BrIN2O2/c16-11-6-4-10(5-7-11)15-19-18-14(21-15)9-20-13-3-1-2-12(17)8-13/h1-8H,9H2. The maximum absolute atomic E-state index is 5.63. The second kappa shape index (κ2) is 6.57. The van der Waals surface area contributed by atoms with Crippen LogP contribution in [0.5, 0.6) is 5.75 Å². The van der Waals surface area contributed by atoms with Gasteiger partial charge in [0.2, 0.25) is 5.89 Å². The Labute approximate surface area is 143 Å². The fourth-order valence-corrected chi connectivity index (χ4v) is 2.50. The molecule has 0 saturated heterocycles. The van der Waals surface area contributed by atoms with Crippen molar-refractivity contribution in [3.63, 3.8) is 0 Å². The summed E-state index contributed by atoms with van der Waals surface area (Å²) in [7, 11) is 0. The fourth-order valence-electron chi connectivity index (χ4n) is 1.72. The largest absolute Gasteiger partial charge is 0.484 e. The lowest BCUT2D eigenvalue weighted by molar-refractivity contribution is 0.264. The van der Waals surface area contributed by atoms with Gasteiger partial charge in [-0.3, -0.25) is 0 Å². The summed E-state index contributed by atoms with van der Waals surface area (Å²) in [6, 6.07) is 15.5. The average molecular weight is 457 g/mol. The van der Waals surface area contributed by atoms with E-state index in [1.165, 1.54) is 0 Å². The Morgan fingerprint density at radius 1 is 1.10 bits per heavy atom. The average Bonchev–Trinajstić information content (AvgIpc) is 2.95. The van der Waals surface area contributed by atoms with E-state index in [0.29, 0.717) is 11.8 Å². The zero-order valence-corrected chi connectivity index (χ0v) is 14.5. The molecule has 0 amide bonds. The second-order valence-corrected chi connectivity index (χ2v) is 6.42. The molecule has 4 nitrogen and oxygen atoms in total. The third-order valence-corrected chi connectivity index (χ3v) is 3.92. The Morgan fingerprint density at radius 3 is 2.67 bits per heavy atom. The molecular weight excluding hydrogens is 447 g/mol. The van der Waals surface area contributed by atoms with Crippen LogP contribution in [0.3, 0.4) is 0 Å². The third-order valence-electron chi connectivity index (χ3n) is 2.72. The van der Waals surface area contributed by atoms with E-state index >= 15 is 0 Å². The highest BCUT2D eigenvalue weighted by molar-refractivity contribution is 14.1. The van der Waals surface area contributed by atoms with Gasteiger partial charge in [-0.05, 0) is 65.1 Å². The van der Waals surface area contributed by atoms with Crippen LogP contribution in [0.2, 0.25) is 0 Å². The number of hydrogen-bond donors (Lipinski definition) is 0. The van der Waals surface area contributed by atoms with Gasteiger partial charge in [-0.25, -0.2) is 0 Å². The third kappa shape index (κ3) is 3.82. The first-order valence-corrected chi connectivity index (χ1v) is 8.04. The first kappa shape index (κ1) is 14.5. The molecule has 106 valence electrons. The second-order valence-electron chi connectivity index (χ2n) is 4.25. The molecule has 0 fully saturated rings. The molecular formula is C15H10BrIN2O2. The summed E-state index contributed by atoms with van der Waals surface area (Å²) in [6.07, 6.45) is 0. The van der Waals surface area contributed by atoms with Crippen LogP contribution in [0.4, 0.5) is 0 Å². The summed E-state index contributed by atoms with van der Waals surface area (Å²) < 4.78 is 13.4. The van der Waals surface area contributed by atoms with Gasteiger partial charge < -0.3 is 9.15 Å². The molecule has 0 saturated carbocycles. The molecule has 6 heteroatoms. The molecule has 0 unspecified atom stereocenters. The molecule has 3 rings (SSSR count). The first-order valence-electron chi connectivity index (χ1n) is 6.17. The van der Waals surface area contributed by atoms with Crippen molar-refractivity contribution in [1.29, 1.82) is 0 Å². The zero-order chi connectivity index (χ0) is 14.7. The normalized spacial score (nSPS) is 10.6. The van der Waals surface area contributed by atoms with Crippen molar-refractivity contribution >= 4 is 38.5 Å². The monoisotopic (exact) mass is 456 g/mol. The van der Waals surface area contributed by atoms with Crippen molar-refractivity contribution in [2.75, 3.05) is 0 Å². The Kier molecular flexibility index (Phi) is 4.54. The predicted molar refractivity (Wildman–Crippen MR) is 90.9 cm³/mol. The van der Waals surface area contributed by atoms with Crippen LogP contribution in [-0.4, -0.2) is 10.2 Å². The summed E-state index contributed by atoms with van der Waals surface area (Å²) in [6.45, 7) is 0.254. The molecule has 0 N–H and O–H groups in total. The van der Waals surface area contributed by atoms with Crippen molar-refractivity contribution in [2.24, 2.45) is 0 Å². The van der Waals surface area contributed by atoms with E-state index < -0.39 is 0 Å². The van der Waals surface area contributed by atoms with Crippen molar-refractivity contribution < 1.29 is 9.15 Å². The predicted octanol–water partition coefficient (Wildman–Crippen LogP) is 4.68. The summed E-state index contributed by atoms with van der Waals surface area (Å²) in [5.41, 5.74) is 0.881. The van der Waals surface area contributed by atoms with Gasteiger partial charge in [-0.2, -0.15) is 0 Å². The van der Waals surface area contributed by atoms with Gasteiger partial charge in [0, 0.05) is 13.6 Å². The van der Waals surface area contributed by atoms with E-state index in [1.807, 2.05) is 48.5 Å². The van der Waals surface area contributed by atoms with Crippen LogP contribution < -0.4 is 4.74 Å². The molecule has 1 heterocycles. The van der Waals surface area contributed by atoms with Crippen LogP contribution in [0.1, 0.15) is 5.89 Å². The van der Waals surface area contributed by atoms with Crippen molar-refractivity contribution in [2.45, 2.75) is 6.61 Å². The molecule has 0 spiro atoms. The molecule has 0 aliphatic rings. The van der Waals surface area contributed by atoms with Gasteiger partial charge in [0.25, 0.3) is 5.89 Å². The molecule has 2 aromatic carbocycles. The Balaban J connectivity index is 1.69. The van der Waals surface area contributed by atoms with E-state index in [9.17, 15) is 0 Å². The molecule has 0 atom stereocenters. The molecule has 0 aliphatic heterocycles. The lowest BCUT2D eigenvalue weighted by atomic mass is 10.2. The summed E-state index contributed by atoms with van der Waals surface area (Å²) >= 11 is 5.63. The SMILES string of the molecule is Brc1ccc(-c2nnc(COc3cccc(I)c3)o2)cc1. The maximum Gasteiger partial charge on any atom is 0.254 e. The van der Waals surface area contributed by atoms with Gasteiger partial charge in [0.05, 0.1) is 0 Å². The molecule has 1 aromatic heterocycles. The zero-order valence-electron chi connectivity index (χ0n) is 10.8. The minimum atomic E-state index is 0.254. The Bertz CT molecular complexity index is 743. The summed E-state index contributed by atoms with van der Waals surface area (Å²) in [5, 5.41) is 8.03.